The number of aryl methyl sites for hydroxylation is 2. The van der Waals surface area contributed by atoms with Crippen LogP contribution in [-0.4, -0.2) is 0 Å². The molecule has 1 heterocycles. The van der Waals surface area contributed by atoms with E-state index in [9.17, 15) is 0 Å². The average Bonchev–Trinajstić information content (AvgIpc) is 2.55. The summed E-state index contributed by atoms with van der Waals surface area (Å²) in [5.74, 6) is 0. The molecule has 0 saturated heterocycles. The molecule has 0 unspecified atom stereocenters. The van der Waals surface area contributed by atoms with Crippen molar-refractivity contribution in [1.29, 1.82) is 0 Å². The first-order chi connectivity index (χ1) is 7.84. The largest absolute Gasteiger partial charge is 0.326 e. The third kappa shape index (κ3) is 2.12. The average molecular weight is 247 g/mol. The van der Waals surface area contributed by atoms with Crippen LogP contribution in [0.15, 0.2) is 12.1 Å². The first-order valence-electron chi connectivity index (χ1n) is 6.07. The Morgan fingerprint density at radius 1 is 1.18 bits per heavy atom. The molecule has 0 spiro atoms. The van der Waals surface area contributed by atoms with Crippen LogP contribution in [0.2, 0.25) is 0 Å². The second kappa shape index (κ2) is 4.11. The highest BCUT2D eigenvalue weighted by molar-refractivity contribution is 7.19. The van der Waals surface area contributed by atoms with Gasteiger partial charge in [0.05, 0.1) is 0 Å². The van der Waals surface area contributed by atoms with Crippen LogP contribution in [-0.2, 0) is 12.0 Å². The Hall–Kier alpha value is -0.860. The summed E-state index contributed by atoms with van der Waals surface area (Å²) in [5.41, 5.74) is 10.2. The summed E-state index contributed by atoms with van der Waals surface area (Å²) in [5, 5.41) is 1.40. The minimum absolute atomic E-state index is 0.160. The highest BCUT2D eigenvalue weighted by atomic mass is 32.1. The minimum Gasteiger partial charge on any atom is -0.326 e. The molecule has 2 heteroatoms. The maximum atomic E-state index is 5.91. The Morgan fingerprint density at radius 2 is 1.82 bits per heavy atom. The zero-order valence-electron chi connectivity index (χ0n) is 11.3. The number of hydrogen-bond donors (Lipinski definition) is 1. The van der Waals surface area contributed by atoms with Crippen molar-refractivity contribution in [2.24, 2.45) is 5.73 Å². The smallest absolute Gasteiger partial charge is 0.0378 e. The summed E-state index contributed by atoms with van der Waals surface area (Å²) in [7, 11) is 0. The lowest BCUT2D eigenvalue weighted by Gasteiger charge is -2.20. The summed E-state index contributed by atoms with van der Waals surface area (Å²) < 4.78 is 1.40. The van der Waals surface area contributed by atoms with Gasteiger partial charge in [-0.05, 0) is 35.8 Å². The molecule has 2 N–H and O–H groups in total. The lowest BCUT2D eigenvalue weighted by molar-refractivity contribution is 0.591. The maximum Gasteiger partial charge on any atom is 0.0378 e. The number of nitrogens with two attached hydrogens (primary N) is 1. The van der Waals surface area contributed by atoms with E-state index in [0.29, 0.717) is 6.54 Å². The van der Waals surface area contributed by atoms with Gasteiger partial charge in [0, 0.05) is 16.1 Å². The molecule has 92 valence electrons. The Balaban J connectivity index is 2.88. The topological polar surface area (TPSA) is 26.0 Å². The highest BCUT2D eigenvalue weighted by Crippen LogP contribution is 2.40. The van der Waals surface area contributed by atoms with E-state index in [1.54, 1.807) is 0 Å². The predicted octanol–water partition coefficient (Wildman–Crippen LogP) is 4.27. The summed E-state index contributed by atoms with van der Waals surface area (Å²) >= 11 is 1.86. The fourth-order valence-electron chi connectivity index (χ4n) is 2.57. The predicted molar refractivity (Wildman–Crippen MR) is 77.9 cm³/mol. The van der Waals surface area contributed by atoms with Crippen LogP contribution in [0.5, 0.6) is 0 Å². The van der Waals surface area contributed by atoms with Gasteiger partial charge in [-0.1, -0.05) is 38.5 Å². The quantitative estimate of drug-likeness (QED) is 0.800. The van der Waals surface area contributed by atoms with Gasteiger partial charge in [-0.2, -0.15) is 0 Å². The third-order valence-corrected chi connectivity index (χ3v) is 4.49. The summed E-state index contributed by atoms with van der Waals surface area (Å²) in [6.07, 6.45) is 0. The third-order valence-electron chi connectivity index (χ3n) is 3.13. The molecule has 1 aromatic carbocycles. The molecule has 0 aliphatic heterocycles. The lowest BCUT2D eigenvalue weighted by atomic mass is 9.84. The molecule has 1 aromatic heterocycles. The van der Waals surface area contributed by atoms with Gasteiger partial charge in [0.2, 0.25) is 0 Å². The number of fused-ring (bicyclic) bond motifs is 1. The van der Waals surface area contributed by atoms with E-state index < -0.39 is 0 Å². The summed E-state index contributed by atoms with van der Waals surface area (Å²) in [6, 6.07) is 4.56. The van der Waals surface area contributed by atoms with E-state index in [1.807, 2.05) is 11.3 Å². The van der Waals surface area contributed by atoms with Crippen molar-refractivity contribution in [1.82, 2.24) is 0 Å². The van der Waals surface area contributed by atoms with Crippen molar-refractivity contribution < 1.29 is 0 Å². The molecule has 0 atom stereocenters. The minimum atomic E-state index is 0.160. The molecule has 1 nitrogen and oxygen atoms in total. The molecular formula is C15H21NS. The molecule has 0 fully saturated rings. The Labute approximate surface area is 108 Å². The van der Waals surface area contributed by atoms with Gasteiger partial charge in [-0.3, -0.25) is 0 Å². The molecular weight excluding hydrogens is 226 g/mol. The first kappa shape index (κ1) is 12.6. The van der Waals surface area contributed by atoms with Crippen molar-refractivity contribution in [3.8, 4) is 0 Å². The van der Waals surface area contributed by atoms with E-state index in [1.165, 1.54) is 31.7 Å². The number of hydrogen-bond acceptors (Lipinski definition) is 2. The van der Waals surface area contributed by atoms with E-state index in [4.69, 9.17) is 5.73 Å². The number of rotatable bonds is 1. The molecule has 0 aliphatic carbocycles. The molecule has 0 aliphatic rings. The SMILES string of the molecule is Cc1cc(C)c2sc(CN)c(C(C)(C)C)c2c1. The van der Waals surface area contributed by atoms with Gasteiger partial charge < -0.3 is 5.73 Å². The Bertz CT molecular complexity index is 558. The van der Waals surface area contributed by atoms with Gasteiger partial charge in [0.25, 0.3) is 0 Å². The van der Waals surface area contributed by atoms with E-state index in [0.717, 1.165) is 0 Å². The molecule has 0 saturated carbocycles. The molecule has 0 bridgehead atoms. The van der Waals surface area contributed by atoms with Gasteiger partial charge >= 0.3 is 0 Å². The van der Waals surface area contributed by atoms with Crippen molar-refractivity contribution in [2.75, 3.05) is 0 Å². The fourth-order valence-corrected chi connectivity index (χ4v) is 3.90. The van der Waals surface area contributed by atoms with Crippen LogP contribution >= 0.6 is 11.3 Å². The molecule has 0 radical (unpaired) electrons. The van der Waals surface area contributed by atoms with E-state index >= 15 is 0 Å². The van der Waals surface area contributed by atoms with Gasteiger partial charge in [-0.15, -0.1) is 11.3 Å². The first-order valence-corrected chi connectivity index (χ1v) is 6.89. The number of thiophene rings is 1. The van der Waals surface area contributed by atoms with Crippen LogP contribution in [0, 0.1) is 13.8 Å². The van der Waals surface area contributed by atoms with Crippen LogP contribution in [0.25, 0.3) is 10.1 Å². The standard InChI is InChI=1S/C15H21NS/c1-9-6-10(2)14-11(7-9)13(15(3,4)5)12(8-16)17-14/h6-7H,8,16H2,1-5H3. The van der Waals surface area contributed by atoms with Crippen molar-refractivity contribution in [3.05, 3.63) is 33.7 Å². The summed E-state index contributed by atoms with van der Waals surface area (Å²) in [6.45, 7) is 11.8. The normalized spacial score (nSPS) is 12.4. The van der Waals surface area contributed by atoms with Gasteiger partial charge in [-0.25, -0.2) is 0 Å². The van der Waals surface area contributed by atoms with E-state index in [2.05, 4.69) is 46.8 Å². The van der Waals surface area contributed by atoms with E-state index in [-0.39, 0.29) is 5.41 Å². The van der Waals surface area contributed by atoms with Crippen molar-refractivity contribution >= 4 is 21.4 Å². The highest BCUT2D eigenvalue weighted by Gasteiger charge is 2.23. The maximum absolute atomic E-state index is 5.91. The number of benzene rings is 1. The van der Waals surface area contributed by atoms with Crippen LogP contribution in [0.3, 0.4) is 0 Å². The van der Waals surface area contributed by atoms with Gasteiger partial charge in [0.15, 0.2) is 0 Å². The molecule has 2 rings (SSSR count). The van der Waals surface area contributed by atoms with Crippen LogP contribution < -0.4 is 5.73 Å². The van der Waals surface area contributed by atoms with Crippen molar-refractivity contribution in [2.45, 2.75) is 46.6 Å². The van der Waals surface area contributed by atoms with Crippen molar-refractivity contribution in [3.63, 3.8) is 0 Å². The van der Waals surface area contributed by atoms with Crippen LogP contribution in [0.1, 0.15) is 42.3 Å². The fraction of sp³-hybridized carbons (Fsp3) is 0.467. The monoisotopic (exact) mass is 247 g/mol. The lowest BCUT2D eigenvalue weighted by Crippen LogP contribution is -2.14. The Morgan fingerprint density at radius 3 is 2.35 bits per heavy atom. The molecule has 2 aromatic rings. The summed E-state index contributed by atoms with van der Waals surface area (Å²) in [4.78, 5) is 1.33. The van der Waals surface area contributed by atoms with Gasteiger partial charge in [0.1, 0.15) is 0 Å². The molecule has 17 heavy (non-hydrogen) atoms. The second-order valence-corrected chi connectivity index (χ2v) is 6.92. The zero-order chi connectivity index (χ0) is 12.8. The molecule has 0 amide bonds. The van der Waals surface area contributed by atoms with Crippen LogP contribution in [0.4, 0.5) is 0 Å². The Kier molecular flexibility index (Phi) is 3.04. The second-order valence-electron chi connectivity index (χ2n) is 5.81. The zero-order valence-corrected chi connectivity index (χ0v) is 12.2.